The maximum absolute atomic E-state index is 12.0. The molecular formula is C14H14N6O2. The quantitative estimate of drug-likeness (QED) is 0.702. The zero-order valence-electron chi connectivity index (χ0n) is 11.9. The fourth-order valence-corrected chi connectivity index (χ4v) is 2.02. The molecule has 22 heavy (non-hydrogen) atoms. The van der Waals surface area contributed by atoms with Crippen molar-refractivity contribution in [3.63, 3.8) is 0 Å². The second-order valence-electron chi connectivity index (χ2n) is 4.71. The Kier molecular flexibility index (Phi) is 3.90. The minimum Gasteiger partial charge on any atom is -0.453 e. The third-order valence-corrected chi connectivity index (χ3v) is 3.14. The summed E-state index contributed by atoms with van der Waals surface area (Å²) in [6.45, 7) is -0.0417. The van der Waals surface area contributed by atoms with Crippen molar-refractivity contribution in [1.29, 1.82) is 0 Å². The first-order valence-electron chi connectivity index (χ1n) is 6.68. The lowest BCUT2D eigenvalue weighted by Crippen LogP contribution is -2.07. The highest BCUT2D eigenvalue weighted by Gasteiger charge is 2.15. The van der Waals surface area contributed by atoms with E-state index in [9.17, 15) is 4.79 Å². The molecule has 3 aromatic rings. The number of aromatic amines is 1. The summed E-state index contributed by atoms with van der Waals surface area (Å²) >= 11 is 0. The Morgan fingerprint density at radius 3 is 2.86 bits per heavy atom. The molecule has 112 valence electrons. The van der Waals surface area contributed by atoms with Crippen LogP contribution in [0.4, 0.5) is 0 Å². The van der Waals surface area contributed by atoms with Gasteiger partial charge in [0.1, 0.15) is 0 Å². The minimum absolute atomic E-state index is 0.0417. The maximum Gasteiger partial charge on any atom is 0.359 e. The van der Waals surface area contributed by atoms with Gasteiger partial charge in [0.25, 0.3) is 0 Å². The first-order valence-corrected chi connectivity index (χ1v) is 6.68. The fraction of sp³-hybridized carbons (Fsp3) is 0.214. The van der Waals surface area contributed by atoms with Crippen molar-refractivity contribution in [1.82, 2.24) is 30.4 Å². The highest BCUT2D eigenvalue weighted by Crippen LogP contribution is 2.11. The number of nitrogens with zero attached hydrogens (tertiary/aromatic N) is 5. The summed E-state index contributed by atoms with van der Waals surface area (Å²) in [5, 5.41) is 17.3. The molecule has 0 radical (unpaired) electrons. The van der Waals surface area contributed by atoms with E-state index in [0.717, 1.165) is 11.3 Å². The summed E-state index contributed by atoms with van der Waals surface area (Å²) in [6, 6.07) is 11.7. The highest BCUT2D eigenvalue weighted by molar-refractivity contribution is 5.87. The predicted octanol–water partition coefficient (Wildman–Crippen LogP) is 0.881. The van der Waals surface area contributed by atoms with Gasteiger partial charge in [-0.2, -0.15) is 10.3 Å². The van der Waals surface area contributed by atoms with E-state index >= 15 is 0 Å². The van der Waals surface area contributed by atoms with Gasteiger partial charge in [0, 0.05) is 19.2 Å². The number of nitrogens with one attached hydrogen (secondary N) is 1. The number of rotatable bonds is 5. The zero-order chi connectivity index (χ0) is 15.4. The Morgan fingerprint density at radius 2 is 2.14 bits per heavy atom. The molecule has 0 atom stereocenters. The van der Waals surface area contributed by atoms with Crippen molar-refractivity contribution in [2.45, 2.75) is 13.0 Å². The molecule has 0 saturated heterocycles. The van der Waals surface area contributed by atoms with Gasteiger partial charge >= 0.3 is 5.97 Å². The molecule has 0 spiro atoms. The third-order valence-electron chi connectivity index (χ3n) is 3.14. The van der Waals surface area contributed by atoms with Gasteiger partial charge in [-0.25, -0.2) is 4.79 Å². The Labute approximate surface area is 126 Å². The number of hydrogen-bond acceptors (Lipinski definition) is 6. The van der Waals surface area contributed by atoms with Crippen molar-refractivity contribution < 1.29 is 9.53 Å². The minimum atomic E-state index is -0.514. The van der Waals surface area contributed by atoms with Gasteiger partial charge in [0.2, 0.25) is 5.82 Å². The molecular weight excluding hydrogens is 284 g/mol. The number of aryl methyl sites for hydroxylation is 1. The van der Waals surface area contributed by atoms with Crippen LogP contribution in [0.15, 0.2) is 36.4 Å². The van der Waals surface area contributed by atoms with E-state index in [1.165, 1.54) is 0 Å². The average Bonchev–Trinajstić information content (AvgIpc) is 3.16. The molecule has 2 heterocycles. The van der Waals surface area contributed by atoms with E-state index in [2.05, 4.69) is 25.7 Å². The number of carbonyl (C=O) groups excluding carboxylic acids is 1. The molecule has 0 aliphatic heterocycles. The summed E-state index contributed by atoms with van der Waals surface area (Å²) in [5.74, 6) is -0.200. The van der Waals surface area contributed by atoms with Crippen molar-refractivity contribution in [3.05, 3.63) is 59.2 Å². The van der Waals surface area contributed by atoms with Crippen LogP contribution in [0.1, 0.15) is 27.6 Å². The van der Waals surface area contributed by atoms with Crippen molar-refractivity contribution in [3.8, 4) is 0 Å². The lowest BCUT2D eigenvalue weighted by Gasteiger charge is -2.00. The van der Waals surface area contributed by atoms with Crippen LogP contribution in [-0.4, -0.2) is 36.4 Å². The van der Waals surface area contributed by atoms with Gasteiger partial charge in [0.15, 0.2) is 12.3 Å². The number of H-pyrrole nitrogens is 1. The van der Waals surface area contributed by atoms with Crippen molar-refractivity contribution >= 4 is 5.97 Å². The van der Waals surface area contributed by atoms with Crippen LogP contribution >= 0.6 is 0 Å². The molecule has 0 amide bonds. The summed E-state index contributed by atoms with van der Waals surface area (Å²) in [5.41, 5.74) is 2.34. The largest absolute Gasteiger partial charge is 0.453 e. The number of ether oxygens (including phenoxy) is 1. The lowest BCUT2D eigenvalue weighted by molar-refractivity contribution is 0.0454. The maximum atomic E-state index is 12.0. The second kappa shape index (κ2) is 6.17. The summed E-state index contributed by atoms with van der Waals surface area (Å²) in [7, 11) is 1.80. The lowest BCUT2D eigenvalue weighted by atomic mass is 10.1. The van der Waals surface area contributed by atoms with Gasteiger partial charge in [-0.15, -0.1) is 10.2 Å². The SMILES string of the molecule is Cn1nc(C(=O)OCc2nn[nH]n2)cc1Cc1ccccc1. The molecule has 0 bridgehead atoms. The smallest absolute Gasteiger partial charge is 0.359 e. The fourth-order valence-electron chi connectivity index (χ4n) is 2.02. The van der Waals surface area contributed by atoms with E-state index in [1.807, 2.05) is 30.3 Å². The molecule has 3 rings (SSSR count). The number of benzene rings is 1. The summed E-state index contributed by atoms with van der Waals surface area (Å²) in [4.78, 5) is 12.0. The zero-order valence-corrected chi connectivity index (χ0v) is 11.9. The third kappa shape index (κ3) is 3.17. The van der Waals surface area contributed by atoms with E-state index in [-0.39, 0.29) is 12.3 Å². The van der Waals surface area contributed by atoms with Gasteiger partial charge < -0.3 is 4.74 Å². The molecule has 0 aliphatic carbocycles. The van der Waals surface area contributed by atoms with Crippen LogP contribution in [0.5, 0.6) is 0 Å². The molecule has 0 unspecified atom stereocenters. The van der Waals surface area contributed by atoms with E-state index in [1.54, 1.807) is 17.8 Å². The van der Waals surface area contributed by atoms with Gasteiger partial charge in [-0.1, -0.05) is 35.5 Å². The molecule has 0 fully saturated rings. The Morgan fingerprint density at radius 1 is 1.32 bits per heavy atom. The Bertz CT molecular complexity index is 751. The van der Waals surface area contributed by atoms with E-state index in [0.29, 0.717) is 12.2 Å². The molecule has 8 heteroatoms. The van der Waals surface area contributed by atoms with E-state index in [4.69, 9.17) is 4.74 Å². The van der Waals surface area contributed by atoms with E-state index < -0.39 is 5.97 Å². The van der Waals surface area contributed by atoms with Gasteiger partial charge in [-0.05, 0) is 11.6 Å². The monoisotopic (exact) mass is 298 g/mol. The van der Waals surface area contributed by atoms with Crippen LogP contribution in [0.2, 0.25) is 0 Å². The van der Waals surface area contributed by atoms with Crippen molar-refractivity contribution in [2.75, 3.05) is 0 Å². The number of aromatic nitrogens is 6. The van der Waals surface area contributed by atoms with Gasteiger partial charge in [-0.3, -0.25) is 4.68 Å². The van der Waals surface area contributed by atoms with Crippen LogP contribution in [0, 0.1) is 0 Å². The first kappa shape index (κ1) is 13.9. The van der Waals surface area contributed by atoms with Crippen LogP contribution in [0.3, 0.4) is 0 Å². The van der Waals surface area contributed by atoms with Gasteiger partial charge in [0.05, 0.1) is 0 Å². The average molecular weight is 298 g/mol. The topological polar surface area (TPSA) is 98.6 Å². The number of carbonyl (C=O) groups is 1. The first-order chi connectivity index (χ1) is 10.7. The van der Waals surface area contributed by atoms with Crippen molar-refractivity contribution in [2.24, 2.45) is 7.05 Å². The summed E-state index contributed by atoms with van der Waals surface area (Å²) in [6.07, 6.45) is 0.697. The predicted molar refractivity (Wildman–Crippen MR) is 75.8 cm³/mol. The number of hydrogen-bond donors (Lipinski definition) is 1. The van der Waals surface area contributed by atoms with Crippen LogP contribution in [-0.2, 0) is 24.8 Å². The number of esters is 1. The molecule has 2 aromatic heterocycles. The molecule has 0 aliphatic rings. The molecule has 8 nitrogen and oxygen atoms in total. The Hall–Kier alpha value is -3.03. The molecule has 0 saturated carbocycles. The molecule has 1 N–H and O–H groups in total. The second-order valence-corrected chi connectivity index (χ2v) is 4.71. The number of tetrazole rings is 1. The summed E-state index contributed by atoms with van der Waals surface area (Å²) < 4.78 is 6.77. The highest BCUT2D eigenvalue weighted by atomic mass is 16.5. The van der Waals surface area contributed by atoms with Crippen LogP contribution < -0.4 is 0 Å². The standard InChI is InChI=1S/C14H14N6O2/c1-20-11(7-10-5-3-2-4-6-10)8-12(17-20)14(21)22-9-13-15-18-19-16-13/h2-6,8H,7,9H2,1H3,(H,15,16,18,19). The molecule has 1 aromatic carbocycles. The Balaban J connectivity index is 1.67. The van der Waals surface area contributed by atoms with Crippen LogP contribution in [0.25, 0.3) is 0 Å². The normalized spacial score (nSPS) is 10.6.